The molecular weight excluding hydrogens is 341 g/mol. The molecule has 0 spiro atoms. The number of pyridine rings is 1. The Bertz CT molecular complexity index is 783. The average Bonchev–Trinajstić information content (AvgIpc) is 3.36. The first-order chi connectivity index (χ1) is 11.0. The summed E-state index contributed by atoms with van der Waals surface area (Å²) in [6.07, 6.45) is 3.35. The highest BCUT2D eigenvalue weighted by Gasteiger charge is 2.28. The van der Waals surface area contributed by atoms with Gasteiger partial charge in [-0.15, -0.1) is 0 Å². The molecule has 0 aliphatic heterocycles. The topological polar surface area (TPSA) is 71.1 Å². The van der Waals surface area contributed by atoms with Crippen molar-refractivity contribution in [3.63, 3.8) is 0 Å². The second kappa shape index (κ2) is 6.64. The molecule has 1 aromatic carbocycles. The number of aromatic nitrogens is 1. The van der Waals surface area contributed by atoms with Gasteiger partial charge in [0, 0.05) is 11.9 Å². The summed E-state index contributed by atoms with van der Waals surface area (Å²) in [6, 6.07) is 7.05. The van der Waals surface area contributed by atoms with Gasteiger partial charge in [-0.1, -0.05) is 11.6 Å². The SMILES string of the molecule is O=C(Nc1ccc(F)c(Cl)c1)c1cc(NS(=O)C2CC2)ccn1. The van der Waals surface area contributed by atoms with Crippen LogP contribution in [0, 0.1) is 5.82 Å². The smallest absolute Gasteiger partial charge is 0.274 e. The van der Waals surface area contributed by atoms with Gasteiger partial charge in [0.1, 0.15) is 22.5 Å². The third-order valence-electron chi connectivity index (χ3n) is 3.22. The fourth-order valence-electron chi connectivity index (χ4n) is 1.87. The number of carbonyl (C=O) groups is 1. The average molecular weight is 354 g/mol. The number of hydrogen-bond acceptors (Lipinski definition) is 3. The lowest BCUT2D eigenvalue weighted by molar-refractivity contribution is 0.102. The Morgan fingerprint density at radius 1 is 1.26 bits per heavy atom. The van der Waals surface area contributed by atoms with E-state index in [9.17, 15) is 13.4 Å². The molecule has 2 N–H and O–H groups in total. The van der Waals surface area contributed by atoms with Crippen LogP contribution in [0.2, 0.25) is 5.02 Å². The van der Waals surface area contributed by atoms with Crippen molar-refractivity contribution < 1.29 is 13.4 Å². The van der Waals surface area contributed by atoms with Gasteiger partial charge in [-0.2, -0.15) is 0 Å². The molecule has 23 heavy (non-hydrogen) atoms. The zero-order valence-electron chi connectivity index (χ0n) is 11.9. The molecule has 1 aromatic heterocycles. The standard InChI is InChI=1S/C15H13ClFN3O2S/c16-12-7-9(1-4-13(12)17)19-15(21)14-8-10(5-6-18-14)20-23(22)11-2-3-11/h1,4-8,11H,2-3H2,(H,18,20)(H,19,21). The molecule has 1 unspecified atom stereocenters. The number of rotatable bonds is 5. The largest absolute Gasteiger partial charge is 0.321 e. The van der Waals surface area contributed by atoms with Gasteiger partial charge in [-0.3, -0.25) is 9.78 Å². The summed E-state index contributed by atoms with van der Waals surface area (Å²) >= 11 is 5.68. The van der Waals surface area contributed by atoms with Crippen molar-refractivity contribution in [1.29, 1.82) is 0 Å². The first kappa shape index (κ1) is 15.9. The van der Waals surface area contributed by atoms with Gasteiger partial charge in [0.05, 0.1) is 16.0 Å². The molecule has 3 rings (SSSR count). The van der Waals surface area contributed by atoms with Crippen LogP contribution in [0.5, 0.6) is 0 Å². The monoisotopic (exact) mass is 353 g/mol. The third kappa shape index (κ3) is 4.05. The van der Waals surface area contributed by atoms with E-state index >= 15 is 0 Å². The lowest BCUT2D eigenvalue weighted by atomic mass is 10.2. The predicted molar refractivity (Wildman–Crippen MR) is 88.4 cm³/mol. The Morgan fingerprint density at radius 3 is 2.74 bits per heavy atom. The quantitative estimate of drug-likeness (QED) is 0.865. The zero-order valence-corrected chi connectivity index (χ0v) is 13.5. The Balaban J connectivity index is 1.71. The lowest BCUT2D eigenvalue weighted by Gasteiger charge is -2.08. The van der Waals surface area contributed by atoms with Crippen LogP contribution in [-0.4, -0.2) is 20.3 Å². The van der Waals surface area contributed by atoms with Crippen molar-refractivity contribution >= 4 is 39.9 Å². The fraction of sp³-hybridized carbons (Fsp3) is 0.200. The van der Waals surface area contributed by atoms with Crippen molar-refractivity contribution in [3.8, 4) is 0 Å². The Kier molecular flexibility index (Phi) is 4.58. The van der Waals surface area contributed by atoms with E-state index in [4.69, 9.17) is 11.6 Å². The van der Waals surface area contributed by atoms with E-state index in [1.165, 1.54) is 30.5 Å². The number of nitrogens with one attached hydrogen (secondary N) is 2. The molecule has 120 valence electrons. The highest BCUT2D eigenvalue weighted by atomic mass is 35.5. The maximum Gasteiger partial charge on any atom is 0.274 e. The van der Waals surface area contributed by atoms with Crippen molar-refractivity contribution in [2.75, 3.05) is 10.0 Å². The van der Waals surface area contributed by atoms with Crippen molar-refractivity contribution in [1.82, 2.24) is 4.98 Å². The Labute approximate surface area is 139 Å². The number of benzene rings is 1. The number of hydrogen-bond donors (Lipinski definition) is 2. The van der Waals surface area contributed by atoms with Crippen molar-refractivity contribution in [2.24, 2.45) is 0 Å². The van der Waals surface area contributed by atoms with E-state index in [1.807, 2.05) is 0 Å². The maximum absolute atomic E-state index is 13.1. The summed E-state index contributed by atoms with van der Waals surface area (Å²) in [5, 5.41) is 2.69. The minimum absolute atomic E-state index is 0.0778. The van der Waals surface area contributed by atoms with Crippen LogP contribution in [0.4, 0.5) is 15.8 Å². The molecule has 0 saturated heterocycles. The minimum Gasteiger partial charge on any atom is -0.321 e. The van der Waals surface area contributed by atoms with Crippen LogP contribution in [0.3, 0.4) is 0 Å². The molecule has 0 bridgehead atoms. The molecule has 1 heterocycles. The second-order valence-corrected chi connectivity index (χ2v) is 6.98. The Hall–Kier alpha value is -1.99. The van der Waals surface area contributed by atoms with Crippen LogP contribution in [0.1, 0.15) is 23.3 Å². The molecule has 0 radical (unpaired) electrons. The first-order valence-corrected chi connectivity index (χ1v) is 8.52. The van der Waals surface area contributed by atoms with Crippen molar-refractivity contribution in [3.05, 3.63) is 53.1 Å². The van der Waals surface area contributed by atoms with E-state index in [2.05, 4.69) is 15.0 Å². The lowest BCUT2D eigenvalue weighted by Crippen LogP contribution is -2.15. The zero-order chi connectivity index (χ0) is 16.4. The normalized spacial score (nSPS) is 15.0. The van der Waals surface area contributed by atoms with Crippen LogP contribution < -0.4 is 10.0 Å². The van der Waals surface area contributed by atoms with Crippen LogP contribution in [0.25, 0.3) is 0 Å². The molecule has 1 saturated carbocycles. The number of amides is 1. The van der Waals surface area contributed by atoms with Gasteiger partial charge in [-0.05, 0) is 43.2 Å². The number of carbonyl (C=O) groups excluding carboxylic acids is 1. The number of anilines is 2. The van der Waals surface area contributed by atoms with Gasteiger partial charge in [0.2, 0.25) is 0 Å². The second-order valence-electron chi connectivity index (χ2n) is 5.11. The molecule has 1 atom stereocenters. The molecule has 1 aliphatic rings. The van der Waals surface area contributed by atoms with E-state index < -0.39 is 22.7 Å². The molecule has 5 nitrogen and oxygen atoms in total. The van der Waals surface area contributed by atoms with E-state index in [0.29, 0.717) is 11.4 Å². The van der Waals surface area contributed by atoms with Crippen molar-refractivity contribution in [2.45, 2.75) is 18.1 Å². The van der Waals surface area contributed by atoms with Crippen LogP contribution >= 0.6 is 11.6 Å². The van der Waals surface area contributed by atoms with Gasteiger partial charge in [0.15, 0.2) is 0 Å². The number of halogens is 2. The van der Waals surface area contributed by atoms with E-state index in [-0.39, 0.29) is 16.0 Å². The summed E-state index contributed by atoms with van der Waals surface area (Å²) in [4.78, 5) is 16.2. The molecule has 1 fully saturated rings. The summed E-state index contributed by atoms with van der Waals surface area (Å²) in [7, 11) is -1.15. The predicted octanol–water partition coefficient (Wildman–Crippen LogP) is 3.36. The van der Waals surface area contributed by atoms with Gasteiger partial charge < -0.3 is 10.0 Å². The Morgan fingerprint density at radius 2 is 2.04 bits per heavy atom. The van der Waals surface area contributed by atoms with Crippen LogP contribution in [-0.2, 0) is 11.0 Å². The molecule has 1 amide bonds. The molecule has 2 aromatic rings. The first-order valence-electron chi connectivity index (χ1n) is 6.92. The molecule has 8 heteroatoms. The fourth-order valence-corrected chi connectivity index (χ4v) is 3.14. The van der Waals surface area contributed by atoms with Gasteiger partial charge >= 0.3 is 0 Å². The van der Waals surface area contributed by atoms with E-state index in [0.717, 1.165) is 12.8 Å². The summed E-state index contributed by atoms with van der Waals surface area (Å²) in [6.45, 7) is 0. The summed E-state index contributed by atoms with van der Waals surface area (Å²) in [5.41, 5.74) is 1.08. The highest BCUT2D eigenvalue weighted by Crippen LogP contribution is 2.27. The molecular formula is C15H13ClFN3O2S. The summed E-state index contributed by atoms with van der Waals surface area (Å²) < 4.78 is 27.8. The maximum atomic E-state index is 13.1. The number of nitrogens with zero attached hydrogens (tertiary/aromatic N) is 1. The van der Waals surface area contributed by atoms with E-state index in [1.54, 1.807) is 6.07 Å². The highest BCUT2D eigenvalue weighted by molar-refractivity contribution is 7.87. The molecule has 1 aliphatic carbocycles. The summed E-state index contributed by atoms with van der Waals surface area (Å²) in [5.74, 6) is -1.02. The third-order valence-corrected chi connectivity index (χ3v) is 5.02. The van der Waals surface area contributed by atoms with Gasteiger partial charge in [0.25, 0.3) is 5.91 Å². The minimum atomic E-state index is -1.15. The van der Waals surface area contributed by atoms with Gasteiger partial charge in [-0.25, -0.2) is 8.60 Å². The van der Waals surface area contributed by atoms with Crippen LogP contribution in [0.15, 0.2) is 36.5 Å².